The molecule has 6 N–H and O–H groups in total. The molecule has 2 fully saturated rings. The number of anilines is 4. The number of nitrogens with two attached hydrogens (primary N) is 1. The van der Waals surface area contributed by atoms with E-state index in [4.69, 9.17) is 52.1 Å². The number of amides is 2. The molecule has 46 heavy (non-hydrogen) atoms. The van der Waals surface area contributed by atoms with Crippen LogP contribution in [0.4, 0.5) is 23.0 Å². The van der Waals surface area contributed by atoms with Gasteiger partial charge in [0.2, 0.25) is 11.8 Å². The molecule has 2 aromatic carbocycles. The van der Waals surface area contributed by atoms with E-state index in [9.17, 15) is 9.59 Å². The minimum absolute atomic E-state index is 0.0381. The maximum absolute atomic E-state index is 12.6. The molecule has 1 aromatic heterocycles. The molecule has 2 atom stereocenters. The van der Waals surface area contributed by atoms with Crippen molar-refractivity contribution in [2.75, 3.05) is 67.6 Å². The van der Waals surface area contributed by atoms with Crippen molar-refractivity contribution < 1.29 is 9.59 Å². The molecule has 5 rings (SSSR count). The van der Waals surface area contributed by atoms with Crippen LogP contribution in [0.2, 0.25) is 20.1 Å². The van der Waals surface area contributed by atoms with Gasteiger partial charge in [-0.05, 0) is 62.1 Å². The molecule has 3 aromatic rings. The first kappa shape index (κ1) is 35.6. The summed E-state index contributed by atoms with van der Waals surface area (Å²) in [6, 6.07) is 12.4. The van der Waals surface area contributed by atoms with E-state index in [0.29, 0.717) is 33.2 Å². The molecule has 2 amide bonds. The molecule has 11 nitrogen and oxygen atoms in total. The van der Waals surface area contributed by atoms with E-state index in [-0.39, 0.29) is 37.0 Å². The molecular formula is C31H39Cl4N9O2. The number of hydrogen-bond acceptors (Lipinski definition) is 9. The smallest absolute Gasteiger partial charge is 0.241 e. The summed E-state index contributed by atoms with van der Waals surface area (Å²) >= 11 is 23.8. The third-order valence-electron chi connectivity index (χ3n) is 7.47. The van der Waals surface area contributed by atoms with Crippen LogP contribution in [0, 0.1) is 0 Å². The highest BCUT2D eigenvalue weighted by Crippen LogP contribution is 2.24. The van der Waals surface area contributed by atoms with Crippen molar-refractivity contribution in [1.82, 2.24) is 19.8 Å². The highest BCUT2D eigenvalue weighted by atomic mass is 35.5. The predicted octanol–water partition coefficient (Wildman–Crippen LogP) is 5.70. The Labute approximate surface area is 289 Å². The standard InChI is InChI=1S/C18H22Cl2N6O.C13H17Cl2N3O/c1-21-16-8-17(24-11-23-16)25-14-3-2-4-26(10-14)18(27)9-22-15-6-12(19)5-13(20)7-15;14-9-4-10(15)6-12(5-9)17-7-13(19)18-3-1-2-11(16)8-18/h5-8,11,14,22H,2-4,9-10H2,1H3,(H2,21,23,24,25);4-6,11,17H,1-3,7-8,16H2. The van der Waals surface area contributed by atoms with Crippen LogP contribution in [0.3, 0.4) is 0 Å². The molecule has 3 heterocycles. The fourth-order valence-electron chi connectivity index (χ4n) is 5.23. The lowest BCUT2D eigenvalue weighted by Gasteiger charge is -2.33. The first-order valence-electron chi connectivity index (χ1n) is 15.1. The van der Waals surface area contributed by atoms with E-state index in [1.54, 1.807) is 41.3 Å². The van der Waals surface area contributed by atoms with Gasteiger partial charge in [-0.15, -0.1) is 0 Å². The zero-order valence-corrected chi connectivity index (χ0v) is 28.6. The van der Waals surface area contributed by atoms with Gasteiger partial charge in [0.25, 0.3) is 0 Å². The molecule has 2 unspecified atom stereocenters. The van der Waals surface area contributed by atoms with E-state index in [0.717, 1.165) is 61.8 Å². The lowest BCUT2D eigenvalue weighted by atomic mass is 10.1. The van der Waals surface area contributed by atoms with Crippen LogP contribution in [0.1, 0.15) is 25.7 Å². The van der Waals surface area contributed by atoms with Crippen molar-refractivity contribution in [2.24, 2.45) is 5.73 Å². The molecule has 0 saturated carbocycles. The van der Waals surface area contributed by atoms with Gasteiger partial charge in [-0.3, -0.25) is 9.59 Å². The van der Waals surface area contributed by atoms with Crippen LogP contribution < -0.4 is 27.0 Å². The second kappa shape index (κ2) is 17.6. The van der Waals surface area contributed by atoms with E-state index in [2.05, 4.69) is 31.2 Å². The van der Waals surface area contributed by atoms with Gasteiger partial charge in [0.1, 0.15) is 18.0 Å². The number of piperidine rings is 2. The molecule has 248 valence electrons. The molecule has 2 aliphatic rings. The van der Waals surface area contributed by atoms with E-state index >= 15 is 0 Å². The maximum Gasteiger partial charge on any atom is 0.241 e. The monoisotopic (exact) mass is 709 g/mol. The second-order valence-electron chi connectivity index (χ2n) is 11.1. The SMILES string of the molecule is CNc1cc(NC2CCCN(C(=O)CNc3cc(Cl)cc(Cl)c3)C2)ncn1.NC1CCCN(C(=O)CNc2cc(Cl)cc(Cl)c2)C1. The number of rotatable bonds is 9. The van der Waals surface area contributed by atoms with E-state index in [1.165, 1.54) is 6.33 Å². The van der Waals surface area contributed by atoms with Gasteiger partial charge in [0.15, 0.2) is 0 Å². The lowest BCUT2D eigenvalue weighted by molar-refractivity contribution is -0.131. The fraction of sp³-hybridized carbons (Fsp3) is 0.419. The summed E-state index contributed by atoms with van der Waals surface area (Å²) in [5.41, 5.74) is 7.33. The highest BCUT2D eigenvalue weighted by molar-refractivity contribution is 6.35. The summed E-state index contributed by atoms with van der Waals surface area (Å²) in [7, 11) is 1.81. The Hall–Kier alpha value is -3.22. The Balaban J connectivity index is 0.000000222. The Bertz CT molecular complexity index is 1440. The molecule has 2 aliphatic heterocycles. The highest BCUT2D eigenvalue weighted by Gasteiger charge is 2.24. The number of nitrogens with zero attached hydrogens (tertiary/aromatic N) is 4. The molecular weight excluding hydrogens is 672 g/mol. The molecule has 0 radical (unpaired) electrons. The summed E-state index contributed by atoms with van der Waals surface area (Å²) in [4.78, 5) is 36.6. The normalized spacial score (nSPS) is 17.8. The fourth-order valence-corrected chi connectivity index (χ4v) is 6.28. The van der Waals surface area contributed by atoms with Gasteiger partial charge in [-0.1, -0.05) is 46.4 Å². The van der Waals surface area contributed by atoms with Crippen molar-refractivity contribution in [3.05, 3.63) is 68.9 Å². The zero-order valence-electron chi connectivity index (χ0n) is 25.5. The van der Waals surface area contributed by atoms with Gasteiger partial charge in [-0.2, -0.15) is 0 Å². The molecule has 15 heteroatoms. The number of nitrogens with one attached hydrogen (secondary N) is 4. The third kappa shape index (κ3) is 11.5. The van der Waals surface area contributed by atoms with Crippen molar-refractivity contribution in [3.8, 4) is 0 Å². The van der Waals surface area contributed by atoms with Crippen LogP contribution in [0.15, 0.2) is 48.8 Å². The van der Waals surface area contributed by atoms with Crippen LogP contribution in [0.5, 0.6) is 0 Å². The molecule has 0 bridgehead atoms. The van der Waals surface area contributed by atoms with Crippen LogP contribution in [-0.2, 0) is 9.59 Å². The number of likely N-dealkylation sites (tertiary alicyclic amines) is 2. The van der Waals surface area contributed by atoms with Crippen LogP contribution in [0.25, 0.3) is 0 Å². The average Bonchev–Trinajstić information content (AvgIpc) is 3.02. The number of halogens is 4. The first-order chi connectivity index (χ1) is 22.1. The van der Waals surface area contributed by atoms with Gasteiger partial charge in [-0.25, -0.2) is 9.97 Å². The number of aromatic nitrogens is 2. The Morgan fingerprint density at radius 1 is 0.761 bits per heavy atom. The number of carbonyl (C=O) groups is 2. The van der Waals surface area contributed by atoms with Crippen molar-refractivity contribution >= 4 is 81.2 Å². The number of carbonyl (C=O) groups excluding carboxylic acids is 2. The predicted molar refractivity (Wildman–Crippen MR) is 188 cm³/mol. The minimum Gasteiger partial charge on any atom is -0.376 e. The summed E-state index contributed by atoms with van der Waals surface area (Å²) in [5, 5.41) is 14.7. The molecule has 0 spiro atoms. The first-order valence-corrected chi connectivity index (χ1v) is 16.6. The summed E-state index contributed by atoms with van der Waals surface area (Å²) < 4.78 is 0. The summed E-state index contributed by atoms with van der Waals surface area (Å²) in [6.07, 6.45) is 5.40. The Kier molecular flexibility index (Phi) is 13.7. The largest absolute Gasteiger partial charge is 0.376 e. The van der Waals surface area contributed by atoms with Gasteiger partial charge >= 0.3 is 0 Å². The second-order valence-corrected chi connectivity index (χ2v) is 12.9. The Morgan fingerprint density at radius 3 is 1.78 bits per heavy atom. The number of benzene rings is 2. The van der Waals surface area contributed by atoms with Gasteiger partial charge in [0.05, 0.1) is 13.1 Å². The zero-order chi connectivity index (χ0) is 33.1. The summed E-state index contributed by atoms with van der Waals surface area (Å²) in [6.45, 7) is 3.22. The number of hydrogen-bond donors (Lipinski definition) is 5. The topological polar surface area (TPSA) is 141 Å². The average molecular weight is 712 g/mol. The van der Waals surface area contributed by atoms with Gasteiger partial charge in [0, 0.05) is 82.8 Å². The summed E-state index contributed by atoms with van der Waals surface area (Å²) in [5.74, 6) is 1.59. The van der Waals surface area contributed by atoms with Crippen molar-refractivity contribution in [3.63, 3.8) is 0 Å². The van der Waals surface area contributed by atoms with Crippen molar-refractivity contribution in [2.45, 2.75) is 37.8 Å². The Morgan fingerprint density at radius 2 is 1.26 bits per heavy atom. The molecule has 2 saturated heterocycles. The maximum atomic E-state index is 12.6. The lowest BCUT2D eigenvalue weighted by Crippen LogP contribution is -2.47. The minimum atomic E-state index is 0.0381. The van der Waals surface area contributed by atoms with Gasteiger partial charge < -0.3 is 36.8 Å². The van der Waals surface area contributed by atoms with Crippen LogP contribution in [-0.4, -0.2) is 90.0 Å². The van der Waals surface area contributed by atoms with Crippen LogP contribution >= 0.6 is 46.4 Å². The van der Waals surface area contributed by atoms with E-state index in [1.807, 2.05) is 18.0 Å². The quantitative estimate of drug-likeness (QED) is 0.189. The third-order valence-corrected chi connectivity index (χ3v) is 8.35. The van der Waals surface area contributed by atoms with E-state index < -0.39 is 0 Å². The molecule has 0 aliphatic carbocycles. The van der Waals surface area contributed by atoms with Crippen molar-refractivity contribution in [1.29, 1.82) is 0 Å².